The summed E-state index contributed by atoms with van der Waals surface area (Å²) in [6.45, 7) is 3.86. The molecule has 28 heavy (non-hydrogen) atoms. The topological polar surface area (TPSA) is 106 Å². The molecule has 1 aromatic carbocycles. The van der Waals surface area contributed by atoms with Crippen LogP contribution in [0, 0.1) is 6.92 Å². The average Bonchev–Trinajstić information content (AvgIpc) is 3.29. The Labute approximate surface area is 164 Å². The Balaban J connectivity index is 1.51. The Morgan fingerprint density at radius 1 is 1.21 bits per heavy atom. The van der Waals surface area contributed by atoms with Crippen LogP contribution in [-0.2, 0) is 20.3 Å². The molecule has 1 N–H and O–H groups in total. The number of nitrogens with zero attached hydrogens (tertiary/aromatic N) is 3. The van der Waals surface area contributed by atoms with E-state index in [-0.39, 0.29) is 22.5 Å². The Morgan fingerprint density at radius 3 is 2.64 bits per heavy atom. The van der Waals surface area contributed by atoms with E-state index in [9.17, 15) is 13.5 Å². The van der Waals surface area contributed by atoms with Crippen LogP contribution in [0.5, 0.6) is 0 Å². The lowest BCUT2D eigenvalue weighted by molar-refractivity contribution is 0.0214. The molecule has 0 amide bonds. The third-order valence-corrected chi connectivity index (χ3v) is 7.07. The lowest BCUT2D eigenvalue weighted by Gasteiger charge is -2.33. The van der Waals surface area contributed by atoms with E-state index in [1.165, 1.54) is 0 Å². The number of sulfone groups is 1. The highest BCUT2D eigenvalue weighted by Gasteiger charge is 2.40. The second kappa shape index (κ2) is 7.90. The SMILES string of the molecule is Cc1ccc(S(=O)(=O)Cc2noc(C3CC(O)CN3C3CCOCC3)n2)cc1. The minimum absolute atomic E-state index is 0.142. The van der Waals surface area contributed by atoms with Gasteiger partial charge in [0.05, 0.1) is 17.0 Å². The zero-order chi connectivity index (χ0) is 19.7. The number of aliphatic hydroxyl groups excluding tert-OH is 1. The van der Waals surface area contributed by atoms with Gasteiger partial charge in [0.2, 0.25) is 5.89 Å². The van der Waals surface area contributed by atoms with Crippen molar-refractivity contribution >= 4 is 9.84 Å². The highest BCUT2D eigenvalue weighted by Crippen LogP contribution is 2.35. The van der Waals surface area contributed by atoms with Gasteiger partial charge in [0.25, 0.3) is 0 Å². The number of rotatable bonds is 5. The van der Waals surface area contributed by atoms with Gasteiger partial charge in [-0.3, -0.25) is 4.90 Å². The van der Waals surface area contributed by atoms with Crippen LogP contribution in [0.15, 0.2) is 33.7 Å². The molecule has 1 aromatic heterocycles. The third-order valence-electron chi connectivity index (χ3n) is 5.45. The molecule has 2 aliphatic heterocycles. The van der Waals surface area contributed by atoms with Gasteiger partial charge < -0.3 is 14.4 Å². The zero-order valence-corrected chi connectivity index (χ0v) is 16.6. The summed E-state index contributed by atoms with van der Waals surface area (Å²) in [4.78, 5) is 6.79. The van der Waals surface area contributed by atoms with Crippen molar-refractivity contribution in [2.45, 2.75) is 55.0 Å². The van der Waals surface area contributed by atoms with Gasteiger partial charge in [0, 0.05) is 25.8 Å². The Hall–Kier alpha value is -1.81. The monoisotopic (exact) mass is 407 g/mol. The Morgan fingerprint density at radius 2 is 1.93 bits per heavy atom. The molecule has 0 aliphatic carbocycles. The van der Waals surface area contributed by atoms with Crippen molar-refractivity contribution in [3.63, 3.8) is 0 Å². The van der Waals surface area contributed by atoms with E-state index in [4.69, 9.17) is 9.26 Å². The molecule has 8 nitrogen and oxygen atoms in total. The molecule has 2 aromatic rings. The molecule has 2 atom stereocenters. The van der Waals surface area contributed by atoms with Crippen LogP contribution in [0.3, 0.4) is 0 Å². The van der Waals surface area contributed by atoms with Gasteiger partial charge in [0.1, 0.15) is 5.75 Å². The minimum atomic E-state index is -3.55. The molecule has 0 bridgehead atoms. The number of aromatic nitrogens is 2. The molecule has 152 valence electrons. The first-order valence-corrected chi connectivity index (χ1v) is 11.2. The van der Waals surface area contributed by atoms with Crippen molar-refractivity contribution in [2.24, 2.45) is 0 Å². The maximum atomic E-state index is 12.6. The van der Waals surface area contributed by atoms with Crippen LogP contribution in [0.1, 0.15) is 42.6 Å². The first-order chi connectivity index (χ1) is 13.4. The van der Waals surface area contributed by atoms with Crippen molar-refractivity contribution < 1.29 is 22.8 Å². The second-order valence-corrected chi connectivity index (χ2v) is 9.56. The van der Waals surface area contributed by atoms with E-state index in [1.54, 1.807) is 24.3 Å². The van der Waals surface area contributed by atoms with Crippen LogP contribution in [0.25, 0.3) is 0 Å². The van der Waals surface area contributed by atoms with Crippen molar-refractivity contribution in [1.82, 2.24) is 15.0 Å². The van der Waals surface area contributed by atoms with E-state index in [0.29, 0.717) is 38.1 Å². The minimum Gasteiger partial charge on any atom is -0.392 e. The maximum Gasteiger partial charge on any atom is 0.244 e. The van der Waals surface area contributed by atoms with Gasteiger partial charge >= 0.3 is 0 Å². The zero-order valence-electron chi connectivity index (χ0n) is 15.8. The van der Waals surface area contributed by atoms with Gasteiger partial charge in [-0.25, -0.2) is 8.42 Å². The number of hydrogen-bond acceptors (Lipinski definition) is 8. The van der Waals surface area contributed by atoms with Crippen LogP contribution in [0.4, 0.5) is 0 Å². The van der Waals surface area contributed by atoms with E-state index in [0.717, 1.165) is 18.4 Å². The molecule has 2 saturated heterocycles. The first kappa shape index (κ1) is 19.5. The fourth-order valence-corrected chi connectivity index (χ4v) is 5.14. The standard InChI is InChI=1S/C19H25N3O5S/c1-13-2-4-16(5-3-13)28(24,25)12-18-20-19(27-21-18)17-10-15(23)11-22(17)14-6-8-26-9-7-14/h2-5,14-15,17,23H,6-12H2,1H3. The summed E-state index contributed by atoms with van der Waals surface area (Å²) in [5.41, 5.74) is 0.994. The van der Waals surface area contributed by atoms with Gasteiger partial charge in [-0.2, -0.15) is 4.98 Å². The predicted octanol–water partition coefficient (Wildman–Crippen LogP) is 1.64. The number of aliphatic hydroxyl groups is 1. The highest BCUT2D eigenvalue weighted by molar-refractivity contribution is 7.90. The van der Waals surface area contributed by atoms with Crippen molar-refractivity contribution in [3.8, 4) is 0 Å². The normalized spacial score (nSPS) is 24.6. The van der Waals surface area contributed by atoms with Crippen molar-refractivity contribution in [1.29, 1.82) is 0 Å². The molecule has 0 saturated carbocycles. The second-order valence-electron chi connectivity index (χ2n) is 7.57. The summed E-state index contributed by atoms with van der Waals surface area (Å²) in [7, 11) is -3.55. The van der Waals surface area contributed by atoms with Crippen molar-refractivity contribution in [3.05, 3.63) is 41.5 Å². The number of hydrogen-bond donors (Lipinski definition) is 1. The Kier molecular flexibility index (Phi) is 5.50. The quantitative estimate of drug-likeness (QED) is 0.797. The van der Waals surface area contributed by atoms with Crippen LogP contribution in [0.2, 0.25) is 0 Å². The lowest BCUT2D eigenvalue weighted by atomic mass is 10.1. The van der Waals surface area contributed by atoms with E-state index in [2.05, 4.69) is 15.0 Å². The van der Waals surface area contributed by atoms with E-state index in [1.807, 2.05) is 6.92 Å². The maximum absolute atomic E-state index is 12.6. The number of ether oxygens (including phenoxy) is 1. The molecular formula is C19H25N3O5S. The average molecular weight is 407 g/mol. The lowest BCUT2D eigenvalue weighted by Crippen LogP contribution is -2.39. The molecule has 3 heterocycles. The summed E-state index contributed by atoms with van der Waals surface area (Å²) in [6, 6.07) is 6.81. The number of likely N-dealkylation sites (tertiary alicyclic amines) is 1. The molecular weight excluding hydrogens is 382 g/mol. The predicted molar refractivity (Wildman–Crippen MR) is 100 cm³/mol. The summed E-state index contributed by atoms with van der Waals surface area (Å²) >= 11 is 0. The summed E-state index contributed by atoms with van der Waals surface area (Å²) < 4.78 is 36.1. The fraction of sp³-hybridized carbons (Fsp3) is 0.579. The summed E-state index contributed by atoms with van der Waals surface area (Å²) in [6.07, 6.45) is 1.83. The number of β-amino-alcohol motifs (C(OH)–C–C–N with tert-alkyl or cyclic N) is 1. The molecule has 2 aliphatic rings. The third kappa shape index (κ3) is 4.12. The van der Waals surface area contributed by atoms with Crippen LogP contribution in [-0.4, -0.2) is 60.5 Å². The molecule has 4 rings (SSSR count). The molecule has 0 spiro atoms. The number of benzene rings is 1. The van der Waals surface area contributed by atoms with Gasteiger partial charge in [-0.1, -0.05) is 22.9 Å². The summed E-state index contributed by atoms with van der Waals surface area (Å²) in [5, 5.41) is 14.1. The first-order valence-electron chi connectivity index (χ1n) is 9.56. The van der Waals surface area contributed by atoms with Gasteiger partial charge in [-0.15, -0.1) is 0 Å². The molecule has 2 fully saturated rings. The van der Waals surface area contributed by atoms with Crippen LogP contribution < -0.4 is 0 Å². The van der Waals surface area contributed by atoms with E-state index < -0.39 is 15.9 Å². The van der Waals surface area contributed by atoms with Crippen LogP contribution >= 0.6 is 0 Å². The number of aryl methyl sites for hydroxylation is 1. The fourth-order valence-electron chi connectivity index (χ4n) is 3.96. The van der Waals surface area contributed by atoms with Gasteiger partial charge in [-0.05, 0) is 38.3 Å². The largest absolute Gasteiger partial charge is 0.392 e. The molecule has 0 radical (unpaired) electrons. The highest BCUT2D eigenvalue weighted by atomic mass is 32.2. The molecule has 2 unspecified atom stereocenters. The Bertz CT molecular complexity index is 906. The van der Waals surface area contributed by atoms with E-state index >= 15 is 0 Å². The van der Waals surface area contributed by atoms with Crippen molar-refractivity contribution in [2.75, 3.05) is 19.8 Å². The summed E-state index contributed by atoms with van der Waals surface area (Å²) in [5.74, 6) is 0.201. The smallest absolute Gasteiger partial charge is 0.244 e. The molecule has 9 heteroatoms. The van der Waals surface area contributed by atoms with Gasteiger partial charge in [0.15, 0.2) is 15.7 Å².